The van der Waals surface area contributed by atoms with Gasteiger partial charge in [0.25, 0.3) is 0 Å². The number of aryl methyl sites for hydroxylation is 1. The SMILES string of the molecule is CCOC(=O)COP(=O)(N[C@@H](C)C(=O)OC(C)C)OC[C@H]1O[C@@H](n2cnc3c(OC)nc(C)nc32)[C@@](C)(O)C1O. The van der Waals surface area contributed by atoms with Gasteiger partial charge in [0.05, 0.1) is 32.8 Å². The summed E-state index contributed by atoms with van der Waals surface area (Å²) in [6.45, 7) is 7.99. The average Bonchev–Trinajstić information content (AvgIpc) is 3.38. The number of esters is 2. The van der Waals surface area contributed by atoms with E-state index in [0.29, 0.717) is 11.3 Å². The van der Waals surface area contributed by atoms with Crippen LogP contribution in [0.1, 0.15) is 46.7 Å². The lowest BCUT2D eigenvalue weighted by atomic mass is 9.96. The van der Waals surface area contributed by atoms with Crippen molar-refractivity contribution in [2.24, 2.45) is 0 Å². The van der Waals surface area contributed by atoms with E-state index in [2.05, 4.69) is 20.0 Å². The van der Waals surface area contributed by atoms with Gasteiger partial charge in [-0.2, -0.15) is 4.98 Å². The summed E-state index contributed by atoms with van der Waals surface area (Å²) in [4.78, 5) is 36.9. The fourth-order valence-corrected chi connectivity index (χ4v) is 5.36. The van der Waals surface area contributed by atoms with Gasteiger partial charge >= 0.3 is 19.7 Å². The summed E-state index contributed by atoms with van der Waals surface area (Å²) in [5, 5.41) is 24.5. The van der Waals surface area contributed by atoms with E-state index in [4.69, 9.17) is 28.0 Å². The molecule has 0 bridgehead atoms. The molecule has 1 aliphatic rings. The summed E-state index contributed by atoms with van der Waals surface area (Å²) in [6, 6.07) is -1.16. The van der Waals surface area contributed by atoms with Crippen LogP contribution in [0.15, 0.2) is 6.33 Å². The maximum Gasteiger partial charge on any atom is 0.406 e. The fraction of sp³-hybridized carbons (Fsp3) is 0.696. The first-order valence-electron chi connectivity index (χ1n) is 12.6. The molecule has 1 saturated heterocycles. The minimum atomic E-state index is -4.39. The number of aromatic nitrogens is 4. The number of aliphatic hydroxyl groups excluding tert-OH is 1. The van der Waals surface area contributed by atoms with Crippen molar-refractivity contribution in [2.75, 3.05) is 26.9 Å². The topological polar surface area (TPSA) is 203 Å². The molecule has 3 N–H and O–H groups in total. The van der Waals surface area contributed by atoms with E-state index in [-0.39, 0.29) is 18.1 Å². The summed E-state index contributed by atoms with van der Waals surface area (Å²) >= 11 is 0. The van der Waals surface area contributed by atoms with Crippen molar-refractivity contribution in [1.29, 1.82) is 0 Å². The van der Waals surface area contributed by atoms with Crippen LogP contribution in [0.25, 0.3) is 11.2 Å². The van der Waals surface area contributed by atoms with Gasteiger partial charge < -0.3 is 29.2 Å². The summed E-state index contributed by atoms with van der Waals surface area (Å²) < 4.78 is 46.7. The number of rotatable bonds is 13. The lowest BCUT2D eigenvalue weighted by molar-refractivity contribution is -0.149. The third-order valence-corrected chi connectivity index (χ3v) is 7.49. The molecule has 224 valence electrons. The zero-order chi connectivity index (χ0) is 29.8. The molecule has 1 fully saturated rings. The first-order valence-corrected chi connectivity index (χ1v) is 14.1. The van der Waals surface area contributed by atoms with E-state index in [1.807, 2.05) is 0 Å². The number of fused-ring (bicyclic) bond motifs is 1. The highest BCUT2D eigenvalue weighted by molar-refractivity contribution is 7.51. The Morgan fingerprint density at radius 1 is 1.27 bits per heavy atom. The Bertz CT molecular complexity index is 1250. The minimum Gasteiger partial charge on any atom is -0.479 e. The number of nitrogens with zero attached hydrogens (tertiary/aromatic N) is 4. The minimum absolute atomic E-state index is 0.0652. The molecule has 6 atom stereocenters. The van der Waals surface area contributed by atoms with Gasteiger partial charge in [0, 0.05) is 0 Å². The molecule has 40 heavy (non-hydrogen) atoms. The van der Waals surface area contributed by atoms with Crippen LogP contribution in [-0.2, 0) is 37.4 Å². The van der Waals surface area contributed by atoms with Gasteiger partial charge in [0.2, 0.25) is 5.88 Å². The number of methoxy groups -OCH3 is 1. The molecule has 0 saturated carbocycles. The van der Waals surface area contributed by atoms with E-state index in [1.165, 1.54) is 31.9 Å². The van der Waals surface area contributed by atoms with Crippen molar-refractivity contribution in [3.63, 3.8) is 0 Å². The molecule has 0 amide bonds. The summed E-state index contributed by atoms with van der Waals surface area (Å²) in [6.07, 6.45) is -3.06. The molecule has 17 heteroatoms. The monoisotopic (exact) mass is 589 g/mol. The van der Waals surface area contributed by atoms with Crippen molar-refractivity contribution in [2.45, 2.75) is 77.7 Å². The van der Waals surface area contributed by atoms with Gasteiger partial charge in [-0.1, -0.05) is 0 Å². The number of aliphatic hydroxyl groups is 2. The second kappa shape index (κ2) is 12.9. The Labute approximate surface area is 230 Å². The molecule has 2 unspecified atom stereocenters. The number of imidazole rings is 1. The van der Waals surface area contributed by atoms with Crippen LogP contribution in [0.3, 0.4) is 0 Å². The van der Waals surface area contributed by atoms with Crippen LogP contribution in [0, 0.1) is 6.92 Å². The molecule has 0 radical (unpaired) electrons. The van der Waals surface area contributed by atoms with Gasteiger partial charge in [-0.05, 0) is 41.5 Å². The standard InChI is InChI=1S/C23H36N5O11P/c1-8-35-16(29)10-37-40(33,27-13(4)21(31)38-12(2)3)36-9-15-18(30)23(6,32)22(39-15)28-11-24-17-19(28)25-14(5)26-20(17)34-7/h11-13,15,18,22,30,32H,8-10H2,1-7H3,(H,27,33)/t13-,15+,18?,22+,23-,40?/m0/s1. The Hall–Kier alpha value is -2.72. The van der Waals surface area contributed by atoms with E-state index in [0.717, 1.165) is 0 Å². The molecular weight excluding hydrogens is 553 g/mol. The number of hydrogen-bond acceptors (Lipinski definition) is 14. The summed E-state index contributed by atoms with van der Waals surface area (Å²) in [7, 11) is -2.96. The normalized spacial score (nSPS) is 25.1. The molecule has 1 aliphatic heterocycles. The van der Waals surface area contributed by atoms with Crippen molar-refractivity contribution in [3.05, 3.63) is 12.2 Å². The average molecular weight is 590 g/mol. The van der Waals surface area contributed by atoms with Crippen LogP contribution < -0.4 is 9.82 Å². The third-order valence-electron chi connectivity index (χ3n) is 5.83. The van der Waals surface area contributed by atoms with E-state index >= 15 is 0 Å². The molecule has 2 aromatic rings. The number of nitrogens with one attached hydrogen (secondary N) is 1. The van der Waals surface area contributed by atoms with Crippen molar-refractivity contribution in [3.8, 4) is 5.88 Å². The van der Waals surface area contributed by atoms with Crippen LogP contribution in [0.4, 0.5) is 0 Å². The van der Waals surface area contributed by atoms with Crippen LogP contribution in [0.5, 0.6) is 5.88 Å². The maximum atomic E-state index is 13.5. The number of hydrogen-bond donors (Lipinski definition) is 3. The van der Waals surface area contributed by atoms with E-state index < -0.39 is 69.1 Å². The highest BCUT2D eigenvalue weighted by Crippen LogP contribution is 2.47. The van der Waals surface area contributed by atoms with Gasteiger partial charge in [-0.15, -0.1) is 0 Å². The van der Waals surface area contributed by atoms with Gasteiger partial charge in [-0.25, -0.2) is 24.4 Å². The summed E-state index contributed by atoms with van der Waals surface area (Å²) in [5.74, 6) is -0.959. The molecule has 0 aromatic carbocycles. The fourth-order valence-electron chi connectivity index (χ4n) is 3.93. The second-order valence-corrected chi connectivity index (χ2v) is 11.3. The Kier molecular flexibility index (Phi) is 10.2. The highest BCUT2D eigenvalue weighted by atomic mass is 31.2. The van der Waals surface area contributed by atoms with E-state index in [9.17, 15) is 24.4 Å². The van der Waals surface area contributed by atoms with Crippen LogP contribution in [-0.4, -0.2) is 98.6 Å². The smallest absolute Gasteiger partial charge is 0.406 e. The predicted octanol–water partition coefficient (Wildman–Crippen LogP) is 0.787. The lowest BCUT2D eigenvalue weighted by Gasteiger charge is -2.27. The number of ether oxygens (including phenoxy) is 4. The molecule has 2 aromatic heterocycles. The van der Waals surface area contributed by atoms with E-state index in [1.54, 1.807) is 27.7 Å². The van der Waals surface area contributed by atoms with Crippen LogP contribution >= 0.6 is 7.75 Å². The maximum absolute atomic E-state index is 13.5. The quantitative estimate of drug-likeness (QED) is 0.218. The van der Waals surface area contributed by atoms with Crippen molar-refractivity contribution >= 4 is 30.8 Å². The zero-order valence-corrected chi connectivity index (χ0v) is 24.3. The van der Waals surface area contributed by atoms with Crippen molar-refractivity contribution in [1.82, 2.24) is 24.6 Å². The zero-order valence-electron chi connectivity index (χ0n) is 23.4. The van der Waals surface area contributed by atoms with Gasteiger partial charge in [0.15, 0.2) is 24.0 Å². The first-order chi connectivity index (χ1) is 18.7. The van der Waals surface area contributed by atoms with Gasteiger partial charge in [0.1, 0.15) is 29.7 Å². The number of carbonyl (C=O) groups excluding carboxylic acids is 2. The number of carbonyl (C=O) groups is 2. The van der Waals surface area contributed by atoms with Gasteiger partial charge in [-0.3, -0.25) is 18.4 Å². The van der Waals surface area contributed by atoms with Crippen LogP contribution in [0.2, 0.25) is 0 Å². The second-order valence-electron chi connectivity index (χ2n) is 9.51. The predicted molar refractivity (Wildman–Crippen MR) is 137 cm³/mol. The molecule has 0 spiro atoms. The highest BCUT2D eigenvalue weighted by Gasteiger charge is 2.54. The summed E-state index contributed by atoms with van der Waals surface area (Å²) in [5.41, 5.74) is -1.29. The molecule has 3 rings (SSSR count). The molecule has 0 aliphatic carbocycles. The Morgan fingerprint density at radius 3 is 2.60 bits per heavy atom. The molecular formula is C23H36N5O11P. The molecule has 3 heterocycles. The Balaban J connectivity index is 1.81. The Morgan fingerprint density at radius 2 is 1.98 bits per heavy atom. The van der Waals surface area contributed by atoms with Crippen molar-refractivity contribution < 1.29 is 52.4 Å². The first kappa shape index (κ1) is 31.8. The lowest BCUT2D eigenvalue weighted by Crippen LogP contribution is -2.44. The third kappa shape index (κ3) is 7.13. The largest absolute Gasteiger partial charge is 0.479 e. The molecule has 16 nitrogen and oxygen atoms in total.